The van der Waals surface area contributed by atoms with E-state index in [2.05, 4.69) is 23.4 Å². The summed E-state index contributed by atoms with van der Waals surface area (Å²) in [5, 5.41) is -0.165. The van der Waals surface area contributed by atoms with Crippen molar-refractivity contribution in [3.63, 3.8) is 0 Å². The maximum absolute atomic E-state index is 6.33. The number of hydrogen-bond donors (Lipinski definition) is 0. The highest BCUT2D eigenvalue weighted by Gasteiger charge is 2.25. The standard InChI is InChI=1S/C15H22ClN3O/c1-9(2)12(8-20-5)19-14(11(4)16)18-13-10(3)6-7-17-15(13)19/h6-7,9,11-12H,8H2,1-5H3. The molecule has 2 atom stereocenters. The molecule has 2 heterocycles. The Hall–Kier alpha value is -1.13. The normalized spacial score (nSPS) is 14.9. The van der Waals surface area contributed by atoms with Crippen molar-refractivity contribution >= 4 is 22.8 Å². The number of ether oxygens (including phenoxy) is 1. The molecule has 0 saturated carbocycles. The summed E-state index contributed by atoms with van der Waals surface area (Å²) in [5.74, 6) is 1.27. The lowest BCUT2D eigenvalue weighted by molar-refractivity contribution is 0.133. The highest BCUT2D eigenvalue weighted by atomic mass is 35.5. The Morgan fingerprint density at radius 3 is 2.60 bits per heavy atom. The third kappa shape index (κ3) is 2.67. The number of alkyl halides is 1. The lowest BCUT2D eigenvalue weighted by Crippen LogP contribution is -2.22. The average molecular weight is 296 g/mol. The van der Waals surface area contributed by atoms with E-state index in [4.69, 9.17) is 21.3 Å². The predicted octanol–water partition coefficient (Wildman–Crippen LogP) is 3.88. The van der Waals surface area contributed by atoms with Crippen LogP contribution in [0.1, 0.15) is 43.6 Å². The third-order valence-electron chi connectivity index (χ3n) is 3.60. The summed E-state index contributed by atoms with van der Waals surface area (Å²) in [7, 11) is 1.72. The number of nitrogens with zero attached hydrogens (tertiary/aromatic N) is 3. The van der Waals surface area contributed by atoms with Crippen LogP contribution in [0.15, 0.2) is 12.3 Å². The summed E-state index contributed by atoms with van der Waals surface area (Å²) in [6.07, 6.45) is 1.82. The monoisotopic (exact) mass is 295 g/mol. The predicted molar refractivity (Wildman–Crippen MR) is 82.3 cm³/mol. The molecule has 0 spiro atoms. The summed E-state index contributed by atoms with van der Waals surface area (Å²) in [6, 6.07) is 2.15. The van der Waals surface area contributed by atoms with Crippen LogP contribution in [0.3, 0.4) is 0 Å². The fraction of sp³-hybridized carbons (Fsp3) is 0.600. The smallest absolute Gasteiger partial charge is 0.160 e. The van der Waals surface area contributed by atoms with E-state index in [0.717, 1.165) is 22.6 Å². The second-order valence-corrected chi connectivity index (χ2v) is 6.18. The minimum atomic E-state index is -0.165. The Balaban J connectivity index is 2.70. The van der Waals surface area contributed by atoms with Crippen LogP contribution in [-0.4, -0.2) is 28.3 Å². The van der Waals surface area contributed by atoms with Gasteiger partial charge in [0.05, 0.1) is 18.0 Å². The van der Waals surface area contributed by atoms with E-state index in [9.17, 15) is 0 Å². The average Bonchev–Trinajstić information content (AvgIpc) is 2.76. The largest absolute Gasteiger partial charge is 0.383 e. The molecule has 0 fully saturated rings. The number of halogens is 1. The summed E-state index contributed by atoms with van der Waals surface area (Å²) in [6.45, 7) is 8.96. The van der Waals surface area contributed by atoms with Gasteiger partial charge in [-0.15, -0.1) is 11.6 Å². The first-order chi connectivity index (χ1) is 9.47. The maximum Gasteiger partial charge on any atom is 0.160 e. The molecule has 0 saturated heterocycles. The first-order valence-electron chi connectivity index (χ1n) is 6.93. The molecule has 2 rings (SSSR count). The second-order valence-electron chi connectivity index (χ2n) is 5.52. The van der Waals surface area contributed by atoms with Gasteiger partial charge in [0.15, 0.2) is 5.65 Å². The molecule has 0 bridgehead atoms. The minimum absolute atomic E-state index is 0.165. The van der Waals surface area contributed by atoms with E-state index < -0.39 is 0 Å². The SMILES string of the molecule is COCC(C(C)C)n1c(C(C)Cl)nc2c(C)ccnc21. The van der Waals surface area contributed by atoms with E-state index in [-0.39, 0.29) is 11.4 Å². The van der Waals surface area contributed by atoms with Crippen LogP contribution in [-0.2, 0) is 4.74 Å². The van der Waals surface area contributed by atoms with Crippen molar-refractivity contribution in [3.8, 4) is 0 Å². The Kier molecular flexibility index (Phi) is 4.66. The van der Waals surface area contributed by atoms with Crippen molar-refractivity contribution in [2.24, 2.45) is 5.92 Å². The Morgan fingerprint density at radius 2 is 2.05 bits per heavy atom. The van der Waals surface area contributed by atoms with Gasteiger partial charge in [-0.3, -0.25) is 0 Å². The lowest BCUT2D eigenvalue weighted by atomic mass is 10.0. The maximum atomic E-state index is 6.33. The van der Waals surface area contributed by atoms with Gasteiger partial charge >= 0.3 is 0 Å². The number of fused-ring (bicyclic) bond motifs is 1. The fourth-order valence-electron chi connectivity index (χ4n) is 2.47. The van der Waals surface area contributed by atoms with Crippen LogP contribution in [0, 0.1) is 12.8 Å². The zero-order valence-corrected chi connectivity index (χ0v) is 13.5. The number of imidazole rings is 1. The molecule has 0 N–H and O–H groups in total. The molecule has 2 aromatic rings. The Labute approximate surface area is 125 Å². The first-order valence-corrected chi connectivity index (χ1v) is 7.37. The van der Waals surface area contributed by atoms with Crippen LogP contribution in [0.2, 0.25) is 0 Å². The topological polar surface area (TPSA) is 39.9 Å². The van der Waals surface area contributed by atoms with E-state index >= 15 is 0 Å². The molecule has 20 heavy (non-hydrogen) atoms. The van der Waals surface area contributed by atoms with Gasteiger partial charge in [-0.05, 0) is 31.4 Å². The highest BCUT2D eigenvalue weighted by Crippen LogP contribution is 2.31. The molecular formula is C15H22ClN3O. The molecular weight excluding hydrogens is 274 g/mol. The van der Waals surface area contributed by atoms with Crippen LogP contribution in [0.25, 0.3) is 11.2 Å². The lowest BCUT2D eigenvalue weighted by Gasteiger charge is -2.24. The quantitative estimate of drug-likeness (QED) is 0.786. The summed E-state index contributed by atoms with van der Waals surface area (Å²) >= 11 is 6.33. The van der Waals surface area contributed by atoms with Gasteiger partial charge in [0.25, 0.3) is 0 Å². The summed E-state index contributed by atoms with van der Waals surface area (Å²) in [5.41, 5.74) is 2.94. The molecule has 0 amide bonds. The molecule has 2 aromatic heterocycles. The summed E-state index contributed by atoms with van der Waals surface area (Å²) in [4.78, 5) is 9.23. The number of methoxy groups -OCH3 is 1. The van der Waals surface area contributed by atoms with Crippen molar-refractivity contribution in [2.75, 3.05) is 13.7 Å². The second kappa shape index (κ2) is 6.10. The van der Waals surface area contributed by atoms with Crippen molar-refractivity contribution in [3.05, 3.63) is 23.7 Å². The number of pyridine rings is 1. The van der Waals surface area contributed by atoms with E-state index in [1.54, 1.807) is 7.11 Å². The zero-order valence-electron chi connectivity index (χ0n) is 12.7. The highest BCUT2D eigenvalue weighted by molar-refractivity contribution is 6.20. The van der Waals surface area contributed by atoms with Gasteiger partial charge < -0.3 is 9.30 Å². The van der Waals surface area contributed by atoms with Gasteiger partial charge in [-0.25, -0.2) is 9.97 Å². The molecule has 0 aliphatic rings. The van der Waals surface area contributed by atoms with Crippen LogP contribution < -0.4 is 0 Å². The molecule has 110 valence electrons. The third-order valence-corrected chi connectivity index (χ3v) is 3.80. The molecule has 0 radical (unpaired) electrons. The van der Waals surface area contributed by atoms with Crippen molar-refractivity contribution < 1.29 is 4.74 Å². The zero-order chi connectivity index (χ0) is 14.9. The molecule has 5 heteroatoms. The van der Waals surface area contributed by atoms with Gasteiger partial charge in [0.1, 0.15) is 11.3 Å². The summed E-state index contributed by atoms with van der Waals surface area (Å²) < 4.78 is 7.53. The van der Waals surface area contributed by atoms with Crippen molar-refractivity contribution in [2.45, 2.75) is 39.1 Å². The molecule has 4 nitrogen and oxygen atoms in total. The number of hydrogen-bond acceptors (Lipinski definition) is 3. The van der Waals surface area contributed by atoms with Crippen LogP contribution >= 0.6 is 11.6 Å². The minimum Gasteiger partial charge on any atom is -0.383 e. The van der Waals surface area contributed by atoms with Crippen molar-refractivity contribution in [1.82, 2.24) is 14.5 Å². The Morgan fingerprint density at radius 1 is 1.35 bits per heavy atom. The van der Waals surface area contributed by atoms with Gasteiger partial charge in [-0.1, -0.05) is 13.8 Å². The van der Waals surface area contributed by atoms with E-state index in [1.165, 1.54) is 0 Å². The Bertz CT molecular complexity index is 592. The molecule has 0 aromatic carbocycles. The van der Waals surface area contributed by atoms with Crippen LogP contribution in [0.4, 0.5) is 0 Å². The van der Waals surface area contributed by atoms with E-state index in [1.807, 2.05) is 26.1 Å². The fourth-order valence-corrected chi connectivity index (χ4v) is 2.62. The number of rotatable bonds is 5. The van der Waals surface area contributed by atoms with E-state index in [0.29, 0.717) is 12.5 Å². The first kappa shape index (κ1) is 15.3. The van der Waals surface area contributed by atoms with Gasteiger partial charge in [0, 0.05) is 13.3 Å². The van der Waals surface area contributed by atoms with Gasteiger partial charge in [0.2, 0.25) is 0 Å². The number of aryl methyl sites for hydroxylation is 1. The van der Waals surface area contributed by atoms with Gasteiger partial charge in [-0.2, -0.15) is 0 Å². The van der Waals surface area contributed by atoms with Crippen molar-refractivity contribution in [1.29, 1.82) is 0 Å². The van der Waals surface area contributed by atoms with Crippen LogP contribution in [0.5, 0.6) is 0 Å². The molecule has 0 aliphatic heterocycles. The number of aromatic nitrogens is 3. The molecule has 2 unspecified atom stereocenters. The molecule has 0 aliphatic carbocycles.